The summed E-state index contributed by atoms with van der Waals surface area (Å²) in [5.41, 5.74) is 4.66. The Morgan fingerprint density at radius 2 is 2.05 bits per heavy atom. The van der Waals surface area contributed by atoms with Crippen molar-refractivity contribution < 1.29 is 0 Å². The summed E-state index contributed by atoms with van der Waals surface area (Å²) >= 11 is 0. The Morgan fingerprint density at radius 3 is 2.81 bits per heavy atom. The molecule has 0 radical (unpaired) electrons. The molecule has 0 saturated carbocycles. The molecule has 3 nitrogen and oxygen atoms in total. The van der Waals surface area contributed by atoms with Gasteiger partial charge in [0.1, 0.15) is 5.65 Å². The highest BCUT2D eigenvalue weighted by molar-refractivity contribution is 5.79. The molecular weight excluding hydrogens is 258 g/mol. The van der Waals surface area contributed by atoms with E-state index in [-0.39, 0.29) is 0 Å². The SMILES string of the molecule is CC(C)CCc1ccc(Cc2c[nH]c3ncccc23)cn1. The lowest BCUT2D eigenvalue weighted by Crippen LogP contribution is -1.96. The lowest BCUT2D eigenvalue weighted by atomic mass is 10.0. The monoisotopic (exact) mass is 279 g/mol. The van der Waals surface area contributed by atoms with Gasteiger partial charge < -0.3 is 4.98 Å². The number of aromatic nitrogens is 3. The van der Waals surface area contributed by atoms with Gasteiger partial charge in [-0.15, -0.1) is 0 Å². The van der Waals surface area contributed by atoms with E-state index in [0.717, 1.165) is 24.4 Å². The molecule has 0 aliphatic carbocycles. The number of fused-ring (bicyclic) bond motifs is 1. The second kappa shape index (κ2) is 6.08. The van der Waals surface area contributed by atoms with E-state index in [9.17, 15) is 0 Å². The van der Waals surface area contributed by atoms with Gasteiger partial charge in [-0.05, 0) is 48.1 Å². The summed E-state index contributed by atoms with van der Waals surface area (Å²) in [6.07, 6.45) is 9.02. The van der Waals surface area contributed by atoms with E-state index < -0.39 is 0 Å². The molecule has 0 aliphatic rings. The smallest absolute Gasteiger partial charge is 0.137 e. The second-order valence-electron chi connectivity index (χ2n) is 5.98. The fraction of sp³-hybridized carbons (Fsp3) is 0.333. The van der Waals surface area contributed by atoms with E-state index in [2.05, 4.69) is 47.0 Å². The summed E-state index contributed by atoms with van der Waals surface area (Å²) in [5.74, 6) is 0.727. The van der Waals surface area contributed by atoms with Crippen LogP contribution in [0.3, 0.4) is 0 Å². The minimum absolute atomic E-state index is 0.727. The van der Waals surface area contributed by atoms with Gasteiger partial charge in [0.05, 0.1) is 0 Å². The molecule has 3 heteroatoms. The number of nitrogens with zero attached hydrogens (tertiary/aromatic N) is 2. The Kier molecular flexibility index (Phi) is 4.00. The largest absolute Gasteiger partial charge is 0.346 e. The minimum Gasteiger partial charge on any atom is -0.346 e. The lowest BCUT2D eigenvalue weighted by Gasteiger charge is -2.05. The number of hydrogen-bond donors (Lipinski definition) is 1. The number of H-pyrrole nitrogens is 1. The highest BCUT2D eigenvalue weighted by Crippen LogP contribution is 2.19. The van der Waals surface area contributed by atoms with Crippen LogP contribution in [0.5, 0.6) is 0 Å². The van der Waals surface area contributed by atoms with Crippen molar-refractivity contribution in [2.75, 3.05) is 0 Å². The van der Waals surface area contributed by atoms with Crippen LogP contribution in [0.1, 0.15) is 37.1 Å². The maximum atomic E-state index is 4.59. The molecule has 3 rings (SSSR count). The van der Waals surface area contributed by atoms with E-state index in [1.165, 1.54) is 28.6 Å². The number of aryl methyl sites for hydroxylation is 1. The van der Waals surface area contributed by atoms with Crippen LogP contribution >= 0.6 is 0 Å². The Labute approximate surface area is 125 Å². The van der Waals surface area contributed by atoms with E-state index in [1.807, 2.05) is 24.7 Å². The third-order valence-electron chi connectivity index (χ3n) is 3.80. The van der Waals surface area contributed by atoms with E-state index in [0.29, 0.717) is 0 Å². The van der Waals surface area contributed by atoms with Crippen LogP contribution in [-0.4, -0.2) is 15.0 Å². The third-order valence-corrected chi connectivity index (χ3v) is 3.80. The predicted molar refractivity (Wildman–Crippen MR) is 86.3 cm³/mol. The van der Waals surface area contributed by atoms with Crippen LogP contribution in [-0.2, 0) is 12.8 Å². The fourth-order valence-electron chi connectivity index (χ4n) is 2.52. The van der Waals surface area contributed by atoms with Crippen molar-refractivity contribution in [1.29, 1.82) is 0 Å². The molecule has 0 aliphatic heterocycles. The first-order valence-electron chi connectivity index (χ1n) is 7.57. The van der Waals surface area contributed by atoms with E-state index in [1.54, 1.807) is 0 Å². The van der Waals surface area contributed by atoms with Gasteiger partial charge in [0.2, 0.25) is 0 Å². The van der Waals surface area contributed by atoms with Gasteiger partial charge in [-0.2, -0.15) is 0 Å². The quantitative estimate of drug-likeness (QED) is 0.762. The van der Waals surface area contributed by atoms with Gasteiger partial charge in [0.25, 0.3) is 0 Å². The molecule has 21 heavy (non-hydrogen) atoms. The van der Waals surface area contributed by atoms with Crippen molar-refractivity contribution in [2.45, 2.75) is 33.1 Å². The summed E-state index contributed by atoms with van der Waals surface area (Å²) in [4.78, 5) is 12.1. The molecule has 0 unspecified atom stereocenters. The van der Waals surface area contributed by atoms with Crippen molar-refractivity contribution >= 4 is 11.0 Å². The molecule has 1 N–H and O–H groups in total. The third kappa shape index (κ3) is 3.30. The Hall–Kier alpha value is -2.16. The molecule has 0 saturated heterocycles. The van der Waals surface area contributed by atoms with Gasteiger partial charge in [-0.3, -0.25) is 4.98 Å². The fourth-order valence-corrected chi connectivity index (χ4v) is 2.52. The number of pyridine rings is 2. The highest BCUT2D eigenvalue weighted by atomic mass is 14.8. The van der Waals surface area contributed by atoms with Gasteiger partial charge in [-0.1, -0.05) is 19.9 Å². The van der Waals surface area contributed by atoms with Crippen molar-refractivity contribution in [1.82, 2.24) is 15.0 Å². The zero-order valence-electron chi connectivity index (χ0n) is 12.6. The first kappa shape index (κ1) is 13.8. The summed E-state index contributed by atoms with van der Waals surface area (Å²) < 4.78 is 0. The molecule has 0 spiro atoms. The molecular formula is C18H21N3. The van der Waals surface area contributed by atoms with Crippen molar-refractivity contribution in [3.63, 3.8) is 0 Å². The van der Waals surface area contributed by atoms with Crippen LogP contribution in [0.15, 0.2) is 42.9 Å². The summed E-state index contributed by atoms with van der Waals surface area (Å²) in [6, 6.07) is 8.44. The molecule has 0 bridgehead atoms. The van der Waals surface area contributed by atoms with Crippen LogP contribution in [0.4, 0.5) is 0 Å². The predicted octanol–water partition coefficient (Wildman–Crippen LogP) is 4.14. The van der Waals surface area contributed by atoms with Crippen LogP contribution in [0.2, 0.25) is 0 Å². The topological polar surface area (TPSA) is 41.6 Å². The van der Waals surface area contributed by atoms with Crippen molar-refractivity contribution in [3.05, 3.63) is 59.7 Å². The number of nitrogens with one attached hydrogen (secondary N) is 1. The molecule has 0 atom stereocenters. The molecule has 0 amide bonds. The molecule has 0 fully saturated rings. The summed E-state index contributed by atoms with van der Waals surface area (Å²) in [6.45, 7) is 4.50. The molecule has 108 valence electrons. The molecule has 0 aromatic carbocycles. The summed E-state index contributed by atoms with van der Waals surface area (Å²) in [5, 5.41) is 1.20. The molecule has 3 aromatic rings. The normalized spacial score (nSPS) is 11.4. The molecule has 3 heterocycles. The van der Waals surface area contributed by atoms with Gasteiger partial charge in [0, 0.05) is 36.1 Å². The first-order valence-corrected chi connectivity index (χ1v) is 7.57. The average Bonchev–Trinajstić information content (AvgIpc) is 2.90. The zero-order valence-corrected chi connectivity index (χ0v) is 12.6. The lowest BCUT2D eigenvalue weighted by molar-refractivity contribution is 0.581. The van der Waals surface area contributed by atoms with Crippen molar-refractivity contribution in [2.24, 2.45) is 5.92 Å². The maximum Gasteiger partial charge on any atom is 0.137 e. The van der Waals surface area contributed by atoms with Gasteiger partial charge in [0.15, 0.2) is 0 Å². The Balaban J connectivity index is 1.73. The van der Waals surface area contributed by atoms with Gasteiger partial charge >= 0.3 is 0 Å². The number of hydrogen-bond acceptors (Lipinski definition) is 2. The minimum atomic E-state index is 0.727. The Bertz CT molecular complexity index is 711. The average molecular weight is 279 g/mol. The second-order valence-corrected chi connectivity index (χ2v) is 5.98. The number of aromatic amines is 1. The zero-order chi connectivity index (χ0) is 14.7. The first-order chi connectivity index (χ1) is 10.2. The number of rotatable bonds is 5. The Morgan fingerprint density at radius 1 is 1.14 bits per heavy atom. The highest BCUT2D eigenvalue weighted by Gasteiger charge is 2.05. The summed E-state index contributed by atoms with van der Waals surface area (Å²) in [7, 11) is 0. The van der Waals surface area contributed by atoms with Crippen molar-refractivity contribution in [3.8, 4) is 0 Å². The van der Waals surface area contributed by atoms with E-state index >= 15 is 0 Å². The van der Waals surface area contributed by atoms with Crippen LogP contribution in [0.25, 0.3) is 11.0 Å². The van der Waals surface area contributed by atoms with Gasteiger partial charge in [-0.25, -0.2) is 4.98 Å². The molecule has 3 aromatic heterocycles. The van der Waals surface area contributed by atoms with Crippen LogP contribution < -0.4 is 0 Å². The van der Waals surface area contributed by atoms with Crippen LogP contribution in [0, 0.1) is 5.92 Å². The van der Waals surface area contributed by atoms with E-state index in [4.69, 9.17) is 0 Å². The maximum absolute atomic E-state index is 4.59. The standard InChI is InChI=1S/C18H21N3/c1-13(2)5-7-16-8-6-14(11-20-16)10-15-12-21-18-17(15)4-3-9-19-18/h3-4,6,8-9,11-13H,5,7,10H2,1-2H3,(H,19,21).